The number of aromatic nitrogens is 4. The van der Waals surface area contributed by atoms with Gasteiger partial charge in [-0.15, -0.1) is 0 Å². The SMILES string of the molecule is NC(=S)N(CCc1cnccn1)c1nc2ccccc2[nH]1. The Kier molecular flexibility index (Phi) is 3.74. The Bertz CT molecular complexity index is 721. The number of rotatable bonds is 4. The molecule has 3 N–H and O–H groups in total. The number of nitrogens with zero attached hydrogens (tertiary/aromatic N) is 4. The molecule has 0 aliphatic carbocycles. The van der Waals surface area contributed by atoms with Crippen LogP contribution in [0.1, 0.15) is 5.69 Å². The summed E-state index contributed by atoms with van der Waals surface area (Å²) in [5, 5.41) is 0.276. The molecule has 0 spiro atoms. The predicted molar refractivity (Wildman–Crippen MR) is 86.0 cm³/mol. The summed E-state index contributed by atoms with van der Waals surface area (Å²) in [6.45, 7) is 0.591. The molecule has 0 saturated heterocycles. The molecule has 3 aromatic rings. The van der Waals surface area contributed by atoms with Crippen molar-refractivity contribution in [2.75, 3.05) is 11.4 Å². The molecule has 106 valence electrons. The molecule has 6 nitrogen and oxygen atoms in total. The van der Waals surface area contributed by atoms with Crippen LogP contribution in [0.5, 0.6) is 0 Å². The number of imidazole rings is 1. The third-order valence-corrected chi connectivity index (χ3v) is 3.33. The molecule has 0 amide bonds. The molecule has 0 fully saturated rings. The number of nitrogens with two attached hydrogens (primary N) is 1. The number of thiocarbonyl (C=S) groups is 1. The van der Waals surface area contributed by atoms with Gasteiger partial charge in [-0.1, -0.05) is 12.1 Å². The van der Waals surface area contributed by atoms with Crippen LogP contribution in [0.3, 0.4) is 0 Å². The van der Waals surface area contributed by atoms with E-state index in [0.717, 1.165) is 16.7 Å². The van der Waals surface area contributed by atoms with Gasteiger partial charge in [-0.05, 0) is 24.4 Å². The van der Waals surface area contributed by atoms with Crippen LogP contribution in [-0.2, 0) is 6.42 Å². The Labute approximate surface area is 127 Å². The highest BCUT2D eigenvalue weighted by molar-refractivity contribution is 7.80. The van der Waals surface area contributed by atoms with Crippen LogP contribution in [-0.4, -0.2) is 31.6 Å². The van der Waals surface area contributed by atoms with Gasteiger partial charge in [-0.2, -0.15) is 0 Å². The van der Waals surface area contributed by atoms with E-state index in [4.69, 9.17) is 18.0 Å². The van der Waals surface area contributed by atoms with Crippen LogP contribution in [0.25, 0.3) is 11.0 Å². The lowest BCUT2D eigenvalue weighted by Crippen LogP contribution is -2.38. The third kappa shape index (κ3) is 2.97. The molecule has 2 heterocycles. The molecule has 7 heteroatoms. The monoisotopic (exact) mass is 298 g/mol. The van der Waals surface area contributed by atoms with Crippen LogP contribution in [0.15, 0.2) is 42.9 Å². The van der Waals surface area contributed by atoms with Gasteiger partial charge in [0.2, 0.25) is 5.95 Å². The highest BCUT2D eigenvalue weighted by Crippen LogP contribution is 2.17. The number of H-pyrrole nitrogens is 1. The van der Waals surface area contributed by atoms with Crippen LogP contribution < -0.4 is 10.6 Å². The van der Waals surface area contributed by atoms with E-state index in [1.807, 2.05) is 24.3 Å². The van der Waals surface area contributed by atoms with Crippen LogP contribution in [0, 0.1) is 0 Å². The summed E-state index contributed by atoms with van der Waals surface area (Å²) >= 11 is 5.13. The maximum absolute atomic E-state index is 5.82. The molecule has 0 radical (unpaired) electrons. The second-order valence-corrected chi connectivity index (χ2v) is 4.93. The standard InChI is InChI=1S/C14H14N6S/c15-13(21)20(8-5-10-9-16-6-7-17-10)14-18-11-3-1-2-4-12(11)19-14/h1-4,6-7,9H,5,8H2,(H2,15,21)(H,18,19). The Morgan fingerprint density at radius 1 is 1.29 bits per heavy atom. The van der Waals surface area contributed by atoms with E-state index in [9.17, 15) is 0 Å². The normalized spacial score (nSPS) is 10.7. The fourth-order valence-electron chi connectivity index (χ4n) is 2.07. The number of fused-ring (bicyclic) bond motifs is 1. The van der Waals surface area contributed by atoms with Gasteiger partial charge in [-0.3, -0.25) is 14.9 Å². The Morgan fingerprint density at radius 3 is 2.86 bits per heavy atom. The van der Waals surface area contributed by atoms with Crippen molar-refractivity contribution in [1.29, 1.82) is 0 Å². The lowest BCUT2D eigenvalue weighted by molar-refractivity contribution is 0.871. The summed E-state index contributed by atoms with van der Waals surface area (Å²) in [4.78, 5) is 17.8. The van der Waals surface area contributed by atoms with E-state index < -0.39 is 0 Å². The number of benzene rings is 1. The lowest BCUT2D eigenvalue weighted by Gasteiger charge is -2.19. The number of nitrogens with one attached hydrogen (secondary N) is 1. The van der Waals surface area contributed by atoms with Crippen molar-refractivity contribution >= 4 is 34.3 Å². The quantitative estimate of drug-likeness (QED) is 0.713. The van der Waals surface area contributed by atoms with Crippen molar-refractivity contribution in [3.63, 3.8) is 0 Å². The Hall–Kier alpha value is -2.54. The van der Waals surface area contributed by atoms with E-state index in [-0.39, 0.29) is 5.11 Å². The summed E-state index contributed by atoms with van der Waals surface area (Å²) in [5.41, 5.74) is 8.53. The van der Waals surface area contributed by atoms with Crippen LogP contribution in [0.2, 0.25) is 0 Å². The lowest BCUT2D eigenvalue weighted by atomic mass is 10.3. The molecule has 0 unspecified atom stereocenters. The van der Waals surface area contributed by atoms with Gasteiger partial charge in [0.15, 0.2) is 5.11 Å². The van der Waals surface area contributed by atoms with Gasteiger partial charge >= 0.3 is 0 Å². The summed E-state index contributed by atoms with van der Waals surface area (Å²) < 4.78 is 0. The van der Waals surface area contributed by atoms with Gasteiger partial charge in [0.1, 0.15) is 0 Å². The van der Waals surface area contributed by atoms with E-state index >= 15 is 0 Å². The first-order valence-electron chi connectivity index (χ1n) is 6.50. The molecule has 21 heavy (non-hydrogen) atoms. The zero-order valence-corrected chi connectivity index (χ0v) is 12.0. The first-order valence-corrected chi connectivity index (χ1v) is 6.91. The van der Waals surface area contributed by atoms with Gasteiger partial charge < -0.3 is 10.7 Å². The zero-order valence-electron chi connectivity index (χ0n) is 11.2. The van der Waals surface area contributed by atoms with E-state index in [0.29, 0.717) is 18.9 Å². The number of hydrogen-bond acceptors (Lipinski definition) is 4. The minimum absolute atomic E-state index is 0.276. The second kappa shape index (κ2) is 5.84. The Balaban J connectivity index is 1.82. The molecule has 2 aromatic heterocycles. The molecule has 1 aromatic carbocycles. The van der Waals surface area contributed by atoms with Crippen molar-refractivity contribution in [3.8, 4) is 0 Å². The molecular formula is C14H14N6S. The fraction of sp³-hybridized carbons (Fsp3) is 0.143. The molecule has 0 bridgehead atoms. The van der Waals surface area contributed by atoms with Gasteiger partial charge in [0.05, 0.1) is 16.7 Å². The molecule has 0 saturated carbocycles. The van der Waals surface area contributed by atoms with Crippen molar-refractivity contribution in [1.82, 2.24) is 19.9 Å². The van der Waals surface area contributed by atoms with Gasteiger partial charge in [0, 0.05) is 31.6 Å². The highest BCUT2D eigenvalue weighted by atomic mass is 32.1. The smallest absolute Gasteiger partial charge is 0.210 e. The zero-order chi connectivity index (χ0) is 14.7. The second-order valence-electron chi connectivity index (χ2n) is 4.51. The molecule has 0 aliphatic rings. The highest BCUT2D eigenvalue weighted by Gasteiger charge is 2.14. The average molecular weight is 298 g/mol. The van der Waals surface area contributed by atoms with Gasteiger partial charge in [-0.25, -0.2) is 4.98 Å². The maximum Gasteiger partial charge on any atom is 0.210 e. The van der Waals surface area contributed by atoms with Crippen LogP contribution >= 0.6 is 12.2 Å². The average Bonchev–Trinajstić information content (AvgIpc) is 2.91. The molecule has 3 rings (SSSR count). The number of aromatic amines is 1. The van der Waals surface area contributed by atoms with Gasteiger partial charge in [0.25, 0.3) is 0 Å². The van der Waals surface area contributed by atoms with Crippen molar-refractivity contribution in [2.45, 2.75) is 6.42 Å². The number of anilines is 1. The molecular weight excluding hydrogens is 284 g/mol. The third-order valence-electron chi connectivity index (χ3n) is 3.11. The maximum atomic E-state index is 5.82. The van der Waals surface area contributed by atoms with Crippen molar-refractivity contribution < 1.29 is 0 Å². The minimum Gasteiger partial charge on any atom is -0.376 e. The van der Waals surface area contributed by atoms with Crippen molar-refractivity contribution in [3.05, 3.63) is 48.5 Å². The summed E-state index contributed by atoms with van der Waals surface area (Å²) in [6.07, 6.45) is 5.73. The summed E-state index contributed by atoms with van der Waals surface area (Å²) in [5.74, 6) is 0.646. The summed E-state index contributed by atoms with van der Waals surface area (Å²) in [7, 11) is 0. The topological polar surface area (TPSA) is 83.7 Å². The molecule has 0 atom stereocenters. The predicted octanol–water partition coefficient (Wildman–Crippen LogP) is 1.65. The summed E-state index contributed by atoms with van der Waals surface area (Å²) in [6, 6.07) is 7.80. The molecule has 0 aliphatic heterocycles. The van der Waals surface area contributed by atoms with Crippen LogP contribution in [0.4, 0.5) is 5.95 Å². The van der Waals surface area contributed by atoms with E-state index in [1.54, 1.807) is 23.5 Å². The van der Waals surface area contributed by atoms with Crippen molar-refractivity contribution in [2.24, 2.45) is 5.73 Å². The number of para-hydroxylation sites is 2. The minimum atomic E-state index is 0.276. The first-order chi connectivity index (χ1) is 10.2. The van der Waals surface area contributed by atoms with E-state index in [1.165, 1.54) is 0 Å². The first kappa shape index (κ1) is 13.4. The number of hydrogen-bond donors (Lipinski definition) is 2. The Morgan fingerprint density at radius 2 is 2.14 bits per heavy atom. The largest absolute Gasteiger partial charge is 0.376 e. The fourth-order valence-corrected chi connectivity index (χ4v) is 2.25. The van der Waals surface area contributed by atoms with E-state index in [2.05, 4.69) is 19.9 Å².